The van der Waals surface area contributed by atoms with Gasteiger partial charge in [0, 0.05) is 6.20 Å². The standard InChI is InChI=1S/C12H11FN4O/c1-7-5-16-11(6-15-7)12(18)17-10-3-2-8(13)4-9(10)14/h2-6H,14H2,1H3,(H,17,18). The highest BCUT2D eigenvalue weighted by Gasteiger charge is 2.10. The van der Waals surface area contributed by atoms with Gasteiger partial charge in [0.2, 0.25) is 0 Å². The molecule has 1 amide bonds. The quantitative estimate of drug-likeness (QED) is 0.791. The van der Waals surface area contributed by atoms with E-state index in [0.29, 0.717) is 11.4 Å². The third-order valence-electron chi connectivity index (χ3n) is 2.28. The van der Waals surface area contributed by atoms with Crippen molar-refractivity contribution in [3.63, 3.8) is 0 Å². The van der Waals surface area contributed by atoms with Crippen LogP contribution in [0.25, 0.3) is 0 Å². The number of aromatic nitrogens is 2. The first-order chi connectivity index (χ1) is 8.56. The zero-order chi connectivity index (χ0) is 13.1. The van der Waals surface area contributed by atoms with Gasteiger partial charge in [0.15, 0.2) is 0 Å². The van der Waals surface area contributed by atoms with Gasteiger partial charge >= 0.3 is 0 Å². The average Bonchev–Trinajstić information content (AvgIpc) is 2.33. The molecule has 0 atom stereocenters. The summed E-state index contributed by atoms with van der Waals surface area (Å²) in [7, 11) is 0. The number of halogens is 1. The number of hydrogen-bond donors (Lipinski definition) is 2. The maximum atomic E-state index is 12.8. The molecule has 1 heterocycles. The molecule has 0 saturated heterocycles. The highest BCUT2D eigenvalue weighted by molar-refractivity contribution is 6.04. The van der Waals surface area contributed by atoms with Gasteiger partial charge in [-0.15, -0.1) is 0 Å². The summed E-state index contributed by atoms with van der Waals surface area (Å²) in [6.45, 7) is 1.77. The van der Waals surface area contributed by atoms with Crippen LogP contribution in [0, 0.1) is 12.7 Å². The minimum atomic E-state index is -0.458. The van der Waals surface area contributed by atoms with Gasteiger partial charge in [-0.05, 0) is 25.1 Å². The number of carbonyl (C=O) groups is 1. The molecule has 6 heteroatoms. The summed E-state index contributed by atoms with van der Waals surface area (Å²) < 4.78 is 12.8. The molecule has 18 heavy (non-hydrogen) atoms. The van der Waals surface area contributed by atoms with E-state index in [-0.39, 0.29) is 11.4 Å². The average molecular weight is 246 g/mol. The Morgan fingerprint density at radius 3 is 2.72 bits per heavy atom. The summed E-state index contributed by atoms with van der Waals surface area (Å²) >= 11 is 0. The molecule has 0 aliphatic heterocycles. The highest BCUT2D eigenvalue weighted by Crippen LogP contribution is 2.19. The molecular weight excluding hydrogens is 235 g/mol. The third kappa shape index (κ3) is 2.60. The van der Waals surface area contributed by atoms with Crippen molar-refractivity contribution in [1.82, 2.24) is 9.97 Å². The number of rotatable bonds is 2. The second kappa shape index (κ2) is 4.79. The zero-order valence-electron chi connectivity index (χ0n) is 9.64. The molecule has 2 rings (SSSR count). The normalized spacial score (nSPS) is 10.1. The van der Waals surface area contributed by atoms with Gasteiger partial charge in [-0.2, -0.15) is 0 Å². The molecule has 1 aromatic heterocycles. The van der Waals surface area contributed by atoms with Gasteiger partial charge in [0.1, 0.15) is 11.5 Å². The van der Waals surface area contributed by atoms with Crippen molar-refractivity contribution in [2.75, 3.05) is 11.1 Å². The molecule has 1 aromatic carbocycles. The second-order valence-corrected chi connectivity index (χ2v) is 3.73. The Balaban J connectivity index is 2.18. The monoisotopic (exact) mass is 246 g/mol. The first kappa shape index (κ1) is 12.0. The first-order valence-electron chi connectivity index (χ1n) is 5.21. The molecule has 0 radical (unpaired) electrons. The van der Waals surface area contributed by atoms with Gasteiger partial charge < -0.3 is 11.1 Å². The lowest BCUT2D eigenvalue weighted by molar-refractivity contribution is 0.102. The number of benzene rings is 1. The van der Waals surface area contributed by atoms with E-state index in [0.717, 1.165) is 6.07 Å². The van der Waals surface area contributed by atoms with Crippen molar-refractivity contribution >= 4 is 17.3 Å². The van der Waals surface area contributed by atoms with E-state index in [4.69, 9.17) is 5.73 Å². The summed E-state index contributed by atoms with van der Waals surface area (Å²) in [5, 5.41) is 2.54. The van der Waals surface area contributed by atoms with Gasteiger partial charge in [0.25, 0.3) is 5.91 Å². The molecule has 2 aromatic rings. The third-order valence-corrected chi connectivity index (χ3v) is 2.28. The fourth-order valence-electron chi connectivity index (χ4n) is 1.34. The highest BCUT2D eigenvalue weighted by atomic mass is 19.1. The lowest BCUT2D eigenvalue weighted by Gasteiger charge is -2.07. The summed E-state index contributed by atoms with van der Waals surface area (Å²) in [6, 6.07) is 3.74. The Labute approximate surface area is 103 Å². The molecule has 0 aliphatic carbocycles. The number of carbonyl (C=O) groups excluding carboxylic acids is 1. The Kier molecular flexibility index (Phi) is 3.18. The van der Waals surface area contributed by atoms with Crippen molar-refractivity contribution in [3.8, 4) is 0 Å². The Hall–Kier alpha value is -2.50. The minimum Gasteiger partial charge on any atom is -0.397 e. The molecule has 92 valence electrons. The predicted molar refractivity (Wildman–Crippen MR) is 65.5 cm³/mol. The fraction of sp³-hybridized carbons (Fsp3) is 0.0833. The Morgan fingerprint density at radius 2 is 2.11 bits per heavy atom. The topological polar surface area (TPSA) is 80.9 Å². The molecule has 5 nitrogen and oxygen atoms in total. The van der Waals surface area contributed by atoms with Crippen molar-refractivity contribution in [1.29, 1.82) is 0 Å². The van der Waals surface area contributed by atoms with E-state index in [1.54, 1.807) is 6.92 Å². The van der Waals surface area contributed by atoms with Crippen molar-refractivity contribution in [2.45, 2.75) is 6.92 Å². The lowest BCUT2D eigenvalue weighted by Crippen LogP contribution is -2.15. The largest absolute Gasteiger partial charge is 0.397 e. The molecule has 0 fully saturated rings. The SMILES string of the molecule is Cc1cnc(C(=O)Nc2ccc(F)cc2N)cn1. The van der Waals surface area contributed by atoms with E-state index in [2.05, 4.69) is 15.3 Å². The molecule has 0 unspecified atom stereocenters. The molecule has 0 aliphatic rings. The zero-order valence-corrected chi connectivity index (χ0v) is 9.64. The van der Waals surface area contributed by atoms with E-state index in [9.17, 15) is 9.18 Å². The number of anilines is 2. The van der Waals surface area contributed by atoms with Crippen molar-refractivity contribution < 1.29 is 9.18 Å². The fourth-order valence-corrected chi connectivity index (χ4v) is 1.34. The maximum absolute atomic E-state index is 12.8. The smallest absolute Gasteiger partial charge is 0.275 e. The van der Waals surface area contributed by atoms with Crippen LogP contribution in [0.3, 0.4) is 0 Å². The van der Waals surface area contributed by atoms with Gasteiger partial charge in [-0.3, -0.25) is 9.78 Å². The number of hydrogen-bond acceptors (Lipinski definition) is 4. The van der Waals surface area contributed by atoms with E-state index < -0.39 is 11.7 Å². The number of amides is 1. The lowest BCUT2D eigenvalue weighted by atomic mass is 10.2. The number of nitrogens with zero attached hydrogens (tertiary/aromatic N) is 2. The molecular formula is C12H11FN4O. The molecule has 0 bridgehead atoms. The van der Waals surface area contributed by atoms with Gasteiger partial charge in [0.05, 0.1) is 23.3 Å². The second-order valence-electron chi connectivity index (χ2n) is 3.73. The molecule has 0 spiro atoms. The van der Waals surface area contributed by atoms with Crippen LogP contribution in [0.15, 0.2) is 30.6 Å². The van der Waals surface area contributed by atoms with Crippen LogP contribution in [-0.4, -0.2) is 15.9 Å². The summed E-state index contributed by atoms with van der Waals surface area (Å²) in [5.74, 6) is -0.901. The molecule has 0 saturated carbocycles. The number of aryl methyl sites for hydroxylation is 1. The maximum Gasteiger partial charge on any atom is 0.275 e. The first-order valence-corrected chi connectivity index (χ1v) is 5.21. The van der Waals surface area contributed by atoms with Crippen LogP contribution in [-0.2, 0) is 0 Å². The number of nitrogens with one attached hydrogen (secondary N) is 1. The number of nitrogen functional groups attached to an aromatic ring is 1. The van der Waals surface area contributed by atoms with Gasteiger partial charge in [-0.1, -0.05) is 0 Å². The van der Waals surface area contributed by atoms with Crippen molar-refractivity contribution in [2.24, 2.45) is 0 Å². The van der Waals surface area contributed by atoms with Crippen LogP contribution >= 0.6 is 0 Å². The summed E-state index contributed by atoms with van der Waals surface area (Å²) in [6.07, 6.45) is 2.85. The van der Waals surface area contributed by atoms with Crippen LogP contribution in [0.5, 0.6) is 0 Å². The molecule has 3 N–H and O–H groups in total. The Bertz CT molecular complexity index is 583. The number of nitrogens with two attached hydrogens (primary N) is 1. The van der Waals surface area contributed by atoms with E-state index in [1.165, 1.54) is 24.5 Å². The van der Waals surface area contributed by atoms with Crippen molar-refractivity contribution in [3.05, 3.63) is 47.8 Å². The van der Waals surface area contributed by atoms with Crippen LogP contribution in [0.4, 0.5) is 15.8 Å². The Morgan fingerprint density at radius 1 is 1.33 bits per heavy atom. The minimum absolute atomic E-state index is 0.156. The summed E-state index contributed by atoms with van der Waals surface area (Å²) in [5.41, 5.74) is 6.96. The predicted octanol–water partition coefficient (Wildman–Crippen LogP) is 1.76. The summed E-state index contributed by atoms with van der Waals surface area (Å²) in [4.78, 5) is 19.7. The van der Waals surface area contributed by atoms with Crippen LogP contribution in [0.1, 0.15) is 16.2 Å². The van der Waals surface area contributed by atoms with Crippen LogP contribution < -0.4 is 11.1 Å². The van der Waals surface area contributed by atoms with E-state index >= 15 is 0 Å². The van der Waals surface area contributed by atoms with E-state index in [1.807, 2.05) is 0 Å². The van der Waals surface area contributed by atoms with Gasteiger partial charge in [-0.25, -0.2) is 9.37 Å². The van der Waals surface area contributed by atoms with Crippen LogP contribution in [0.2, 0.25) is 0 Å².